The molecular weight excluding hydrogens is 224 g/mol. The molecule has 102 valence electrons. The van der Waals surface area contributed by atoms with Gasteiger partial charge < -0.3 is 10.2 Å². The average molecular weight is 250 g/mol. The van der Waals surface area contributed by atoms with Crippen LogP contribution in [-0.2, 0) is 6.42 Å². The maximum absolute atomic E-state index is 4.49. The first-order chi connectivity index (χ1) is 8.67. The quantitative estimate of drug-likeness (QED) is 0.808. The van der Waals surface area contributed by atoms with Crippen LogP contribution in [0.4, 0.5) is 11.6 Å². The molecule has 1 N–H and O–H groups in total. The van der Waals surface area contributed by atoms with E-state index in [2.05, 4.69) is 47.9 Å². The lowest BCUT2D eigenvalue weighted by molar-refractivity contribution is 0.544. The third-order valence-corrected chi connectivity index (χ3v) is 3.42. The number of nitrogens with zero attached hydrogens (tertiary/aromatic N) is 3. The van der Waals surface area contributed by atoms with Gasteiger partial charge in [0.2, 0.25) is 0 Å². The van der Waals surface area contributed by atoms with E-state index < -0.39 is 0 Å². The van der Waals surface area contributed by atoms with Gasteiger partial charge in [-0.2, -0.15) is 0 Å². The van der Waals surface area contributed by atoms with Gasteiger partial charge in [0.15, 0.2) is 0 Å². The van der Waals surface area contributed by atoms with Gasteiger partial charge in [-0.25, -0.2) is 9.97 Å². The number of nitrogens with one attached hydrogen (secondary N) is 1. The van der Waals surface area contributed by atoms with Crippen molar-refractivity contribution in [1.82, 2.24) is 9.97 Å². The van der Waals surface area contributed by atoms with E-state index in [0.717, 1.165) is 31.1 Å². The normalized spacial score (nSPS) is 12.3. The Morgan fingerprint density at radius 3 is 2.50 bits per heavy atom. The Morgan fingerprint density at radius 2 is 2.00 bits per heavy atom. The number of rotatable bonds is 7. The fraction of sp³-hybridized carbons (Fsp3) is 0.714. The zero-order chi connectivity index (χ0) is 13.5. The summed E-state index contributed by atoms with van der Waals surface area (Å²) in [5.41, 5.74) is 1.21. The summed E-state index contributed by atoms with van der Waals surface area (Å²) in [5.74, 6) is 2.72. The molecule has 0 aromatic carbocycles. The van der Waals surface area contributed by atoms with E-state index in [1.54, 1.807) is 6.33 Å². The predicted octanol–water partition coefficient (Wildman–Crippen LogP) is 2.95. The molecule has 1 rings (SSSR count). The van der Waals surface area contributed by atoms with Crippen LogP contribution in [0.1, 0.15) is 39.7 Å². The van der Waals surface area contributed by atoms with Gasteiger partial charge in [0.25, 0.3) is 0 Å². The molecule has 1 aromatic rings. The number of hydrogen-bond acceptors (Lipinski definition) is 4. The lowest BCUT2D eigenvalue weighted by Crippen LogP contribution is -2.30. The van der Waals surface area contributed by atoms with E-state index in [1.165, 1.54) is 12.0 Å². The highest BCUT2D eigenvalue weighted by Gasteiger charge is 2.15. The third kappa shape index (κ3) is 3.34. The van der Waals surface area contributed by atoms with E-state index in [4.69, 9.17) is 0 Å². The van der Waals surface area contributed by atoms with Crippen LogP contribution in [0.3, 0.4) is 0 Å². The monoisotopic (exact) mass is 250 g/mol. The molecule has 1 heterocycles. The van der Waals surface area contributed by atoms with Gasteiger partial charge in [0, 0.05) is 25.7 Å². The van der Waals surface area contributed by atoms with E-state index in [1.807, 2.05) is 7.05 Å². The van der Waals surface area contributed by atoms with Crippen LogP contribution in [0, 0.1) is 5.92 Å². The van der Waals surface area contributed by atoms with E-state index >= 15 is 0 Å². The minimum absolute atomic E-state index is 0.683. The van der Waals surface area contributed by atoms with Gasteiger partial charge in [0.1, 0.15) is 18.0 Å². The van der Waals surface area contributed by atoms with Gasteiger partial charge in [0.05, 0.1) is 0 Å². The summed E-state index contributed by atoms with van der Waals surface area (Å²) in [6.07, 6.45) is 3.80. The van der Waals surface area contributed by atoms with Crippen molar-refractivity contribution in [1.29, 1.82) is 0 Å². The second kappa shape index (κ2) is 7.19. The van der Waals surface area contributed by atoms with Gasteiger partial charge in [-0.05, 0) is 19.3 Å². The van der Waals surface area contributed by atoms with Crippen molar-refractivity contribution in [3.05, 3.63) is 11.9 Å². The highest BCUT2D eigenvalue weighted by Crippen LogP contribution is 2.24. The van der Waals surface area contributed by atoms with Crippen LogP contribution in [0.5, 0.6) is 0 Å². The Morgan fingerprint density at radius 1 is 1.28 bits per heavy atom. The molecule has 1 aromatic heterocycles. The van der Waals surface area contributed by atoms with Crippen molar-refractivity contribution in [2.24, 2.45) is 5.92 Å². The lowest BCUT2D eigenvalue weighted by Gasteiger charge is -2.27. The van der Waals surface area contributed by atoms with Crippen molar-refractivity contribution >= 4 is 11.6 Å². The van der Waals surface area contributed by atoms with Crippen LogP contribution in [0.25, 0.3) is 0 Å². The molecule has 0 aliphatic heterocycles. The second-order valence-corrected chi connectivity index (χ2v) is 4.68. The van der Waals surface area contributed by atoms with Crippen molar-refractivity contribution in [2.45, 2.75) is 40.5 Å². The molecule has 4 nitrogen and oxygen atoms in total. The molecular formula is C14H26N4. The van der Waals surface area contributed by atoms with Gasteiger partial charge in [-0.15, -0.1) is 0 Å². The first-order valence-corrected chi connectivity index (χ1v) is 6.94. The number of hydrogen-bond donors (Lipinski definition) is 1. The minimum atomic E-state index is 0.683. The maximum atomic E-state index is 4.49. The van der Waals surface area contributed by atoms with Crippen molar-refractivity contribution < 1.29 is 0 Å². The first-order valence-electron chi connectivity index (χ1n) is 6.94. The third-order valence-electron chi connectivity index (χ3n) is 3.42. The molecule has 0 radical (unpaired) electrons. The molecule has 0 saturated heterocycles. The Labute approximate surface area is 111 Å². The van der Waals surface area contributed by atoms with E-state index in [0.29, 0.717) is 5.92 Å². The van der Waals surface area contributed by atoms with Crippen LogP contribution in [0.2, 0.25) is 0 Å². The minimum Gasteiger partial charge on any atom is -0.373 e. The molecule has 4 heteroatoms. The fourth-order valence-corrected chi connectivity index (χ4v) is 2.09. The molecule has 0 aliphatic carbocycles. The zero-order valence-electron chi connectivity index (χ0n) is 12.3. The highest BCUT2D eigenvalue weighted by molar-refractivity contribution is 5.58. The average Bonchev–Trinajstić information content (AvgIpc) is 2.43. The fourth-order valence-electron chi connectivity index (χ4n) is 2.09. The first kappa shape index (κ1) is 14.7. The van der Waals surface area contributed by atoms with E-state index in [9.17, 15) is 0 Å². The van der Waals surface area contributed by atoms with Gasteiger partial charge >= 0.3 is 0 Å². The summed E-state index contributed by atoms with van der Waals surface area (Å²) < 4.78 is 0. The standard InChI is InChI=1S/C14H26N4/c1-6-11(4)9-18(8-3)14-12(7-2)13(15-5)16-10-17-14/h10-11H,6-9H2,1-5H3,(H,15,16,17). The Balaban J connectivity index is 3.04. The smallest absolute Gasteiger partial charge is 0.137 e. The molecule has 0 amide bonds. The molecule has 0 aliphatic rings. The maximum Gasteiger partial charge on any atom is 0.137 e. The Hall–Kier alpha value is -1.32. The summed E-state index contributed by atoms with van der Waals surface area (Å²) in [5, 5.41) is 3.16. The van der Waals surface area contributed by atoms with Crippen LogP contribution < -0.4 is 10.2 Å². The summed E-state index contributed by atoms with van der Waals surface area (Å²) in [4.78, 5) is 11.1. The summed E-state index contributed by atoms with van der Waals surface area (Å²) in [6, 6.07) is 0. The molecule has 0 fully saturated rings. The summed E-state index contributed by atoms with van der Waals surface area (Å²) in [7, 11) is 1.91. The number of aromatic nitrogens is 2. The molecule has 0 bridgehead atoms. The summed E-state index contributed by atoms with van der Waals surface area (Å²) >= 11 is 0. The number of anilines is 2. The Kier molecular flexibility index (Phi) is 5.89. The Bertz CT molecular complexity index is 365. The largest absolute Gasteiger partial charge is 0.373 e. The predicted molar refractivity (Wildman–Crippen MR) is 78.3 cm³/mol. The highest BCUT2D eigenvalue weighted by atomic mass is 15.2. The van der Waals surface area contributed by atoms with Crippen LogP contribution >= 0.6 is 0 Å². The lowest BCUT2D eigenvalue weighted by atomic mass is 10.1. The van der Waals surface area contributed by atoms with E-state index in [-0.39, 0.29) is 0 Å². The molecule has 0 saturated carbocycles. The second-order valence-electron chi connectivity index (χ2n) is 4.68. The van der Waals surface area contributed by atoms with Crippen molar-refractivity contribution in [3.63, 3.8) is 0 Å². The van der Waals surface area contributed by atoms with Gasteiger partial charge in [-0.3, -0.25) is 0 Å². The molecule has 0 spiro atoms. The molecule has 18 heavy (non-hydrogen) atoms. The zero-order valence-corrected chi connectivity index (χ0v) is 12.3. The topological polar surface area (TPSA) is 41.1 Å². The van der Waals surface area contributed by atoms with Crippen molar-refractivity contribution in [3.8, 4) is 0 Å². The van der Waals surface area contributed by atoms with Gasteiger partial charge in [-0.1, -0.05) is 27.2 Å². The summed E-state index contributed by atoms with van der Waals surface area (Å²) in [6.45, 7) is 10.9. The molecule has 1 atom stereocenters. The van der Waals surface area contributed by atoms with Crippen molar-refractivity contribution in [2.75, 3.05) is 30.4 Å². The van der Waals surface area contributed by atoms with Crippen LogP contribution in [0.15, 0.2) is 6.33 Å². The SMILES string of the molecule is CCc1c(NC)ncnc1N(CC)CC(C)CC. The molecule has 1 unspecified atom stereocenters. The van der Waals surface area contributed by atoms with Crippen LogP contribution in [-0.4, -0.2) is 30.1 Å².